The molecule has 0 radical (unpaired) electrons. The second-order valence-corrected chi connectivity index (χ2v) is 2.99. The Labute approximate surface area is 82.0 Å². The van der Waals surface area contributed by atoms with E-state index in [1.54, 1.807) is 6.92 Å². The topological polar surface area (TPSA) is 85.2 Å². The average Bonchev–Trinajstić information content (AvgIpc) is 2.17. The zero-order valence-electron chi connectivity index (χ0n) is 8.30. The number of carbonyl (C=O) groups is 1. The van der Waals surface area contributed by atoms with E-state index in [0.717, 1.165) is 0 Å². The number of rotatable bonds is 7. The predicted molar refractivity (Wildman–Crippen MR) is 50.7 cm³/mol. The standard InChI is InChI=1S/C8H14N2O4/c1-3-6(2)8(11)14-7(4-9-12)5-10-13/h6-7H,3-5H2,1-2H3. The second kappa shape index (κ2) is 7.11. The van der Waals surface area contributed by atoms with Gasteiger partial charge in [0.05, 0.1) is 5.92 Å². The quantitative estimate of drug-likeness (QED) is 0.462. The molecule has 14 heavy (non-hydrogen) atoms. The number of hydrogen-bond donors (Lipinski definition) is 0. The molecule has 0 fully saturated rings. The Hall–Kier alpha value is -1.33. The van der Waals surface area contributed by atoms with Crippen molar-refractivity contribution in [2.24, 2.45) is 16.3 Å². The Morgan fingerprint density at radius 3 is 2.14 bits per heavy atom. The van der Waals surface area contributed by atoms with E-state index in [1.807, 2.05) is 6.92 Å². The fourth-order valence-electron chi connectivity index (χ4n) is 0.746. The molecule has 0 spiro atoms. The third-order valence-corrected chi connectivity index (χ3v) is 1.85. The molecule has 0 bridgehead atoms. The summed E-state index contributed by atoms with van der Waals surface area (Å²) in [6, 6.07) is 0. The van der Waals surface area contributed by atoms with Crippen LogP contribution < -0.4 is 0 Å². The van der Waals surface area contributed by atoms with Crippen molar-refractivity contribution >= 4 is 5.97 Å². The minimum Gasteiger partial charge on any atom is -0.458 e. The lowest BCUT2D eigenvalue weighted by Gasteiger charge is -2.14. The number of nitroso groups, excluding NO2 is 2. The molecule has 0 heterocycles. The van der Waals surface area contributed by atoms with Crippen LogP contribution in [0.5, 0.6) is 0 Å². The van der Waals surface area contributed by atoms with Crippen LogP contribution in [0, 0.1) is 15.7 Å². The van der Waals surface area contributed by atoms with Gasteiger partial charge in [-0.3, -0.25) is 4.79 Å². The maximum atomic E-state index is 11.2. The van der Waals surface area contributed by atoms with E-state index in [9.17, 15) is 14.6 Å². The highest BCUT2D eigenvalue weighted by Crippen LogP contribution is 2.06. The highest BCUT2D eigenvalue weighted by Gasteiger charge is 2.19. The molecule has 0 rings (SSSR count). The number of esters is 1. The minimum atomic E-state index is -0.813. The molecular weight excluding hydrogens is 188 g/mol. The van der Waals surface area contributed by atoms with Crippen LogP contribution >= 0.6 is 0 Å². The van der Waals surface area contributed by atoms with Crippen molar-refractivity contribution in [3.8, 4) is 0 Å². The summed E-state index contributed by atoms with van der Waals surface area (Å²) in [6.07, 6.45) is -0.166. The molecule has 1 unspecified atom stereocenters. The van der Waals surface area contributed by atoms with Gasteiger partial charge in [0.2, 0.25) is 0 Å². The zero-order valence-corrected chi connectivity index (χ0v) is 8.30. The molecule has 0 aliphatic rings. The van der Waals surface area contributed by atoms with Crippen molar-refractivity contribution < 1.29 is 9.53 Å². The van der Waals surface area contributed by atoms with Crippen molar-refractivity contribution in [1.82, 2.24) is 0 Å². The summed E-state index contributed by atoms with van der Waals surface area (Å²) >= 11 is 0. The monoisotopic (exact) mass is 202 g/mol. The van der Waals surface area contributed by atoms with E-state index < -0.39 is 12.1 Å². The van der Waals surface area contributed by atoms with Crippen LogP contribution in [0.15, 0.2) is 10.4 Å². The summed E-state index contributed by atoms with van der Waals surface area (Å²) in [4.78, 5) is 31.1. The number of hydrogen-bond acceptors (Lipinski definition) is 6. The van der Waals surface area contributed by atoms with Crippen molar-refractivity contribution in [3.63, 3.8) is 0 Å². The van der Waals surface area contributed by atoms with Gasteiger partial charge in [-0.15, -0.1) is 0 Å². The Kier molecular flexibility index (Phi) is 6.43. The van der Waals surface area contributed by atoms with E-state index in [1.165, 1.54) is 0 Å². The lowest BCUT2D eigenvalue weighted by atomic mass is 10.1. The van der Waals surface area contributed by atoms with Crippen molar-refractivity contribution in [2.45, 2.75) is 26.4 Å². The molecule has 0 N–H and O–H groups in total. The summed E-state index contributed by atoms with van der Waals surface area (Å²) in [6.45, 7) is 3.10. The molecule has 0 aromatic heterocycles. The highest BCUT2D eigenvalue weighted by atomic mass is 16.5. The molecule has 0 saturated carbocycles. The molecule has 80 valence electrons. The van der Waals surface area contributed by atoms with Gasteiger partial charge < -0.3 is 4.74 Å². The first-order chi connectivity index (χ1) is 6.65. The van der Waals surface area contributed by atoms with Crippen LogP contribution in [0.4, 0.5) is 0 Å². The first kappa shape index (κ1) is 12.7. The largest absolute Gasteiger partial charge is 0.458 e. The maximum absolute atomic E-state index is 11.2. The molecule has 6 nitrogen and oxygen atoms in total. The molecule has 1 atom stereocenters. The zero-order chi connectivity index (χ0) is 11.0. The summed E-state index contributed by atoms with van der Waals surface area (Å²) in [5.74, 6) is -0.666. The van der Waals surface area contributed by atoms with Crippen LogP contribution in [0.1, 0.15) is 20.3 Å². The Bertz CT molecular complexity index is 198. The molecule has 0 aromatic carbocycles. The summed E-state index contributed by atoms with van der Waals surface area (Å²) in [5.41, 5.74) is 0. The van der Waals surface area contributed by atoms with Crippen LogP contribution in [0.2, 0.25) is 0 Å². The van der Waals surface area contributed by atoms with Gasteiger partial charge in [0.1, 0.15) is 19.2 Å². The van der Waals surface area contributed by atoms with Gasteiger partial charge in [-0.05, 0) is 6.42 Å². The van der Waals surface area contributed by atoms with Crippen molar-refractivity contribution in [3.05, 3.63) is 9.81 Å². The third kappa shape index (κ3) is 4.64. The van der Waals surface area contributed by atoms with Gasteiger partial charge >= 0.3 is 5.97 Å². The second-order valence-electron chi connectivity index (χ2n) is 2.99. The molecule has 0 aromatic rings. The summed E-state index contributed by atoms with van der Waals surface area (Å²) < 4.78 is 4.86. The first-order valence-corrected chi connectivity index (χ1v) is 4.44. The normalized spacial score (nSPS) is 12.2. The lowest BCUT2D eigenvalue weighted by molar-refractivity contribution is -0.152. The van der Waals surface area contributed by atoms with Crippen molar-refractivity contribution in [1.29, 1.82) is 0 Å². The Morgan fingerprint density at radius 1 is 1.29 bits per heavy atom. The lowest BCUT2D eigenvalue weighted by Crippen LogP contribution is -2.27. The van der Waals surface area contributed by atoms with E-state index in [4.69, 9.17) is 4.74 Å². The molecule has 0 aliphatic heterocycles. The van der Waals surface area contributed by atoms with E-state index in [-0.39, 0.29) is 19.0 Å². The minimum absolute atomic E-state index is 0.228. The molecule has 6 heteroatoms. The van der Waals surface area contributed by atoms with Gasteiger partial charge in [-0.2, -0.15) is 9.81 Å². The Morgan fingerprint density at radius 2 is 1.79 bits per heavy atom. The van der Waals surface area contributed by atoms with Gasteiger partial charge in [0.15, 0.2) is 0 Å². The highest BCUT2D eigenvalue weighted by molar-refractivity contribution is 5.72. The summed E-state index contributed by atoms with van der Waals surface area (Å²) in [5, 5.41) is 5.13. The van der Waals surface area contributed by atoms with E-state index >= 15 is 0 Å². The summed E-state index contributed by atoms with van der Waals surface area (Å²) in [7, 11) is 0. The average molecular weight is 202 g/mol. The van der Waals surface area contributed by atoms with E-state index in [0.29, 0.717) is 6.42 Å². The number of carbonyl (C=O) groups excluding carboxylic acids is 1. The fraction of sp³-hybridized carbons (Fsp3) is 0.875. The number of nitrogens with zero attached hydrogens (tertiary/aromatic N) is 2. The van der Waals surface area contributed by atoms with Crippen LogP contribution in [0.25, 0.3) is 0 Å². The van der Waals surface area contributed by atoms with Crippen molar-refractivity contribution in [2.75, 3.05) is 13.1 Å². The molecule has 0 saturated heterocycles. The van der Waals surface area contributed by atoms with Crippen LogP contribution in [-0.4, -0.2) is 25.2 Å². The van der Waals surface area contributed by atoms with Crippen LogP contribution in [0.3, 0.4) is 0 Å². The predicted octanol–water partition coefficient (Wildman–Crippen LogP) is 1.48. The Balaban J connectivity index is 4.06. The molecule has 0 aliphatic carbocycles. The van der Waals surface area contributed by atoms with E-state index in [2.05, 4.69) is 10.4 Å². The first-order valence-electron chi connectivity index (χ1n) is 4.44. The maximum Gasteiger partial charge on any atom is 0.309 e. The fourth-order valence-corrected chi connectivity index (χ4v) is 0.746. The van der Waals surface area contributed by atoms with Gasteiger partial charge in [0.25, 0.3) is 0 Å². The van der Waals surface area contributed by atoms with Gasteiger partial charge in [-0.1, -0.05) is 24.2 Å². The third-order valence-electron chi connectivity index (χ3n) is 1.85. The van der Waals surface area contributed by atoms with Gasteiger partial charge in [0, 0.05) is 0 Å². The molecular formula is C8H14N2O4. The van der Waals surface area contributed by atoms with Gasteiger partial charge in [-0.25, -0.2) is 0 Å². The SMILES string of the molecule is CCC(C)C(=O)OC(CN=O)CN=O. The van der Waals surface area contributed by atoms with Crippen LogP contribution in [-0.2, 0) is 9.53 Å². The smallest absolute Gasteiger partial charge is 0.309 e. The molecule has 0 amide bonds. The number of ether oxygens (including phenoxy) is 1.